The molecule has 1 aromatic carbocycles. The molecule has 3 heteroatoms. The Morgan fingerprint density at radius 2 is 0.872 bits per heavy atom. The largest absolute Gasteiger partial charge is 3.00 e. The van der Waals surface area contributed by atoms with Gasteiger partial charge >= 0.3 is 26.2 Å². The molecule has 0 amide bonds. The Bertz CT molecular complexity index is 606. The number of aliphatic imine (C=N–C) groups is 1. The van der Waals surface area contributed by atoms with Gasteiger partial charge in [-0.25, -0.2) is 0 Å². The molecule has 1 N–H and O–H groups in total. The molecule has 0 saturated heterocycles. The second kappa shape index (κ2) is 23.2. The van der Waals surface area contributed by atoms with Gasteiger partial charge in [-0.1, -0.05) is 101 Å². The third kappa shape index (κ3) is 14.3. The molecule has 3 aliphatic rings. The molecule has 1 aromatic rings. The van der Waals surface area contributed by atoms with Gasteiger partial charge in [0.1, 0.15) is 0 Å². The van der Waals surface area contributed by atoms with E-state index in [1.54, 1.807) is 7.05 Å². The zero-order chi connectivity index (χ0) is 27.3. The van der Waals surface area contributed by atoms with Crippen LogP contribution in [0.25, 0.3) is 0 Å². The molecule has 1 radical (unpaired) electrons. The van der Waals surface area contributed by atoms with E-state index in [2.05, 4.69) is 73.4 Å². The van der Waals surface area contributed by atoms with Crippen LogP contribution in [0.5, 0.6) is 0 Å². The standard InChI is InChI=1S/C12H23NO.C10H20.C6H12.C6H5.2CH3.Zr/c1-7-8(2)10(4)11(9(7)3)6-12(14)13-5;1-6-7(2)9(4)10(5)8(6)3;2*1-2-4-6-5-3-1;;;/h7-11H,6H2,1-5H3,(H,13,14);6-10H,1-5H3;1-6H2;1-5H;2*1H3;/q;;;3*-1;+3. The Kier molecular flexibility index (Phi) is 25.6. The molecule has 3 aliphatic carbocycles. The van der Waals surface area contributed by atoms with E-state index in [9.17, 15) is 5.11 Å². The minimum Gasteiger partial charge on any atom is -0.497 e. The molecular formula is C36H66NOZr. The fourth-order valence-electron chi connectivity index (χ4n) is 6.69. The molecule has 0 aliphatic heterocycles. The number of nitrogens with zero attached hydrogens (tertiary/aromatic N) is 1. The molecule has 225 valence electrons. The van der Waals surface area contributed by atoms with E-state index in [0.717, 1.165) is 47.8 Å². The first-order valence-corrected chi connectivity index (χ1v) is 15.1. The summed E-state index contributed by atoms with van der Waals surface area (Å²) in [5, 5.41) is 9.48. The number of rotatable bonds is 2. The fraction of sp³-hybridized carbons (Fsp3) is 0.750. The molecule has 0 aromatic heterocycles. The molecule has 39 heavy (non-hydrogen) atoms. The summed E-state index contributed by atoms with van der Waals surface area (Å²) in [6.07, 6.45) is 9.76. The van der Waals surface area contributed by atoms with Gasteiger partial charge in [0.15, 0.2) is 5.90 Å². The van der Waals surface area contributed by atoms with Gasteiger partial charge in [0.25, 0.3) is 0 Å². The van der Waals surface area contributed by atoms with Crippen LogP contribution in [0.1, 0.15) is 107 Å². The van der Waals surface area contributed by atoms with Gasteiger partial charge in [-0.2, -0.15) is 36.4 Å². The van der Waals surface area contributed by atoms with Crippen LogP contribution in [0.4, 0.5) is 0 Å². The van der Waals surface area contributed by atoms with Crippen LogP contribution in [0.15, 0.2) is 35.3 Å². The zero-order valence-electron chi connectivity index (χ0n) is 28.0. The van der Waals surface area contributed by atoms with Crippen LogP contribution in [-0.2, 0) is 26.2 Å². The Morgan fingerprint density at radius 1 is 0.590 bits per heavy atom. The molecule has 0 spiro atoms. The first-order valence-electron chi connectivity index (χ1n) is 15.1. The van der Waals surface area contributed by atoms with Gasteiger partial charge in [-0.15, -0.1) is 0 Å². The van der Waals surface area contributed by atoms with Crippen molar-refractivity contribution in [1.82, 2.24) is 0 Å². The molecule has 0 heterocycles. The van der Waals surface area contributed by atoms with Crippen molar-refractivity contribution < 1.29 is 31.3 Å². The minimum atomic E-state index is 0. The third-order valence-corrected chi connectivity index (χ3v) is 10.8. The predicted molar refractivity (Wildman–Crippen MR) is 172 cm³/mol. The molecule has 3 fully saturated rings. The maximum atomic E-state index is 9.48. The average molecular weight is 620 g/mol. The number of aliphatic hydroxyl groups excluding tert-OH is 1. The van der Waals surface area contributed by atoms with Crippen LogP contribution in [0, 0.1) is 80.1 Å². The van der Waals surface area contributed by atoms with Crippen LogP contribution in [-0.4, -0.2) is 18.1 Å². The van der Waals surface area contributed by atoms with E-state index in [1.807, 2.05) is 30.3 Å². The summed E-state index contributed by atoms with van der Waals surface area (Å²) in [6, 6.07) is 12.5. The summed E-state index contributed by atoms with van der Waals surface area (Å²) >= 11 is 0. The molecule has 4 atom stereocenters. The number of benzene rings is 1. The van der Waals surface area contributed by atoms with Gasteiger partial charge < -0.3 is 20.0 Å². The van der Waals surface area contributed by atoms with E-state index in [0.29, 0.717) is 23.7 Å². The third-order valence-electron chi connectivity index (χ3n) is 10.8. The zero-order valence-corrected chi connectivity index (χ0v) is 30.5. The smallest absolute Gasteiger partial charge is 0.497 e. The number of hydrogen-bond acceptors (Lipinski definition) is 1. The van der Waals surface area contributed by atoms with Gasteiger partial charge in [-0.3, -0.25) is 4.99 Å². The predicted octanol–water partition coefficient (Wildman–Crippen LogP) is 11.0. The topological polar surface area (TPSA) is 32.6 Å². The van der Waals surface area contributed by atoms with Gasteiger partial charge in [0, 0.05) is 13.5 Å². The van der Waals surface area contributed by atoms with Crippen molar-refractivity contribution in [1.29, 1.82) is 0 Å². The number of aliphatic hydroxyl groups is 1. The summed E-state index contributed by atoms with van der Waals surface area (Å²) in [6.45, 7) is 21.2. The average Bonchev–Trinajstić information content (AvgIpc) is 3.21. The number of hydrogen-bond donors (Lipinski definition) is 1. The SMILES string of the molecule is C1CCCCC1.CC1C(C)C(C)C(C)C1C.CN=C(O)CC1C(C)C(C)C(C)C1C.[CH3-].[CH3-].[Zr+3].[c-]1ccccc1. The summed E-state index contributed by atoms with van der Waals surface area (Å²) in [7, 11) is 1.66. The Hall–Kier alpha value is -0.427. The molecule has 3 saturated carbocycles. The summed E-state index contributed by atoms with van der Waals surface area (Å²) in [5.41, 5.74) is 0. The Labute approximate surface area is 265 Å². The summed E-state index contributed by atoms with van der Waals surface area (Å²) in [4.78, 5) is 3.84. The summed E-state index contributed by atoms with van der Waals surface area (Å²) in [5.74, 6) is 8.51. The van der Waals surface area contributed by atoms with E-state index in [-0.39, 0.29) is 41.1 Å². The van der Waals surface area contributed by atoms with Crippen molar-refractivity contribution >= 4 is 5.90 Å². The van der Waals surface area contributed by atoms with E-state index < -0.39 is 0 Å². The first-order chi connectivity index (χ1) is 17.0. The van der Waals surface area contributed by atoms with E-state index in [4.69, 9.17) is 0 Å². The molecular weight excluding hydrogens is 554 g/mol. The molecule has 4 unspecified atom stereocenters. The van der Waals surface area contributed by atoms with Gasteiger partial charge in [-0.05, 0) is 59.2 Å². The van der Waals surface area contributed by atoms with Crippen LogP contribution >= 0.6 is 0 Å². The van der Waals surface area contributed by atoms with Crippen molar-refractivity contribution in [3.05, 3.63) is 51.3 Å². The maximum absolute atomic E-state index is 9.48. The van der Waals surface area contributed by atoms with Gasteiger partial charge in [0.2, 0.25) is 0 Å². The van der Waals surface area contributed by atoms with Crippen molar-refractivity contribution in [3.8, 4) is 0 Å². The van der Waals surface area contributed by atoms with Crippen molar-refractivity contribution in [2.75, 3.05) is 7.05 Å². The fourth-order valence-corrected chi connectivity index (χ4v) is 6.69. The van der Waals surface area contributed by atoms with Crippen molar-refractivity contribution in [2.24, 2.45) is 64.2 Å². The second-order valence-corrected chi connectivity index (χ2v) is 12.4. The maximum Gasteiger partial charge on any atom is 3.00 e. The Morgan fingerprint density at radius 3 is 1.08 bits per heavy atom. The van der Waals surface area contributed by atoms with E-state index in [1.165, 1.54) is 38.5 Å². The molecule has 2 nitrogen and oxygen atoms in total. The molecule has 4 rings (SSSR count). The summed E-state index contributed by atoms with van der Waals surface area (Å²) < 4.78 is 0. The van der Waals surface area contributed by atoms with Crippen LogP contribution in [0.3, 0.4) is 0 Å². The normalized spacial score (nSPS) is 35.1. The van der Waals surface area contributed by atoms with Gasteiger partial charge in [0.05, 0.1) is 0 Å². The quantitative estimate of drug-likeness (QED) is 0.199. The minimum absolute atomic E-state index is 0. The monoisotopic (exact) mass is 618 g/mol. The van der Waals surface area contributed by atoms with Crippen LogP contribution in [0.2, 0.25) is 0 Å². The second-order valence-electron chi connectivity index (χ2n) is 12.4. The first kappa shape index (κ1) is 43.0. The van der Waals surface area contributed by atoms with Crippen molar-refractivity contribution in [3.63, 3.8) is 0 Å². The van der Waals surface area contributed by atoms with E-state index >= 15 is 0 Å². The Balaban J connectivity index is -0.000000457. The van der Waals surface area contributed by atoms with Crippen molar-refractivity contribution in [2.45, 2.75) is 107 Å². The molecule has 0 bridgehead atoms. The van der Waals surface area contributed by atoms with Crippen LogP contribution < -0.4 is 0 Å².